The number of rotatable bonds is 4. The summed E-state index contributed by atoms with van der Waals surface area (Å²) in [5, 5.41) is 5.21. The largest absolute Gasteiger partial charge is 0.491 e. The summed E-state index contributed by atoms with van der Waals surface area (Å²) in [7, 11) is -3.70. The van der Waals surface area contributed by atoms with Crippen LogP contribution in [0.3, 0.4) is 0 Å². The Morgan fingerprint density at radius 1 is 1.30 bits per heavy atom. The molecule has 1 fully saturated rings. The Bertz CT molecular complexity index is 574. The molecule has 1 aromatic rings. The quantitative estimate of drug-likeness (QED) is 0.921. The van der Waals surface area contributed by atoms with Gasteiger partial charge in [0.1, 0.15) is 12.4 Å². The Morgan fingerprint density at radius 2 is 1.90 bits per heavy atom. The predicted octanol–water partition coefficient (Wildman–Crippen LogP) is 1.90. The lowest BCUT2D eigenvalue weighted by molar-refractivity contribution is 0.0264. The van der Waals surface area contributed by atoms with Gasteiger partial charge in [0.2, 0.25) is 10.0 Å². The summed E-state index contributed by atoms with van der Waals surface area (Å²) in [6.45, 7) is 5.97. The highest BCUT2D eigenvalue weighted by Crippen LogP contribution is 2.26. The lowest BCUT2D eigenvalue weighted by Crippen LogP contribution is -2.18. The zero-order chi connectivity index (χ0) is 14.9. The highest BCUT2D eigenvalue weighted by Gasteiger charge is 2.22. The van der Waals surface area contributed by atoms with Gasteiger partial charge in [0, 0.05) is 0 Å². The smallest absolute Gasteiger partial charge is 0.238 e. The van der Waals surface area contributed by atoms with E-state index in [0.29, 0.717) is 23.5 Å². The molecule has 1 aliphatic heterocycles. The molecule has 0 spiro atoms. The minimum absolute atomic E-state index is 0.114. The first-order chi connectivity index (χ1) is 9.27. The Morgan fingerprint density at radius 3 is 2.35 bits per heavy atom. The van der Waals surface area contributed by atoms with Gasteiger partial charge in [-0.1, -0.05) is 0 Å². The van der Waals surface area contributed by atoms with E-state index < -0.39 is 10.0 Å². The van der Waals surface area contributed by atoms with Crippen LogP contribution in [-0.4, -0.2) is 27.2 Å². The van der Waals surface area contributed by atoms with Gasteiger partial charge < -0.3 is 9.47 Å². The van der Waals surface area contributed by atoms with Crippen molar-refractivity contribution in [2.45, 2.75) is 50.7 Å². The standard InChI is InChI=1S/C14H21NO4S/c1-9-6-13(7-10(2)14(9)20(15,16)17)18-8-12-5-4-11(3)19-12/h6-7,11-12H,4-5,8H2,1-3H3,(H2,15,16,17). The number of ether oxygens (including phenoxy) is 2. The lowest BCUT2D eigenvalue weighted by atomic mass is 10.1. The number of nitrogens with two attached hydrogens (primary N) is 1. The molecule has 0 aliphatic carbocycles. The Hall–Kier alpha value is -1.11. The third-order valence-corrected chi connectivity index (χ3v) is 4.69. The summed E-state index contributed by atoms with van der Waals surface area (Å²) in [5.74, 6) is 0.649. The summed E-state index contributed by atoms with van der Waals surface area (Å²) in [6.07, 6.45) is 2.45. The van der Waals surface area contributed by atoms with Gasteiger partial charge in [0.15, 0.2) is 0 Å². The van der Waals surface area contributed by atoms with Crippen LogP contribution >= 0.6 is 0 Å². The third kappa shape index (κ3) is 3.50. The number of primary sulfonamides is 1. The second-order valence-electron chi connectivity index (χ2n) is 5.39. The first-order valence-corrected chi connectivity index (χ1v) is 8.24. The van der Waals surface area contributed by atoms with Crippen molar-refractivity contribution in [3.63, 3.8) is 0 Å². The van der Waals surface area contributed by atoms with E-state index in [2.05, 4.69) is 6.92 Å². The van der Waals surface area contributed by atoms with Crippen LogP contribution in [-0.2, 0) is 14.8 Å². The summed E-state index contributed by atoms with van der Waals surface area (Å²) in [6, 6.07) is 3.40. The summed E-state index contributed by atoms with van der Waals surface area (Å²) < 4.78 is 34.4. The average molecular weight is 299 g/mol. The monoisotopic (exact) mass is 299 g/mol. The molecule has 0 saturated carbocycles. The van der Waals surface area contributed by atoms with Crippen LogP contribution < -0.4 is 9.88 Å². The van der Waals surface area contributed by atoms with Crippen LogP contribution in [0.2, 0.25) is 0 Å². The van der Waals surface area contributed by atoms with Crippen molar-refractivity contribution < 1.29 is 17.9 Å². The van der Waals surface area contributed by atoms with Gasteiger partial charge in [-0.3, -0.25) is 0 Å². The van der Waals surface area contributed by atoms with Crippen molar-refractivity contribution in [3.8, 4) is 5.75 Å². The van der Waals surface area contributed by atoms with Crippen molar-refractivity contribution in [2.75, 3.05) is 6.61 Å². The molecule has 0 radical (unpaired) electrons. The first-order valence-electron chi connectivity index (χ1n) is 6.69. The minimum Gasteiger partial charge on any atom is -0.491 e. The van der Waals surface area contributed by atoms with E-state index in [1.54, 1.807) is 26.0 Å². The van der Waals surface area contributed by atoms with Crippen LogP contribution in [0.5, 0.6) is 5.75 Å². The fraction of sp³-hybridized carbons (Fsp3) is 0.571. The van der Waals surface area contributed by atoms with Gasteiger partial charge in [-0.2, -0.15) is 0 Å². The molecule has 20 heavy (non-hydrogen) atoms. The predicted molar refractivity (Wildman–Crippen MR) is 76.4 cm³/mol. The molecule has 6 heteroatoms. The number of benzene rings is 1. The van der Waals surface area contributed by atoms with E-state index in [9.17, 15) is 8.42 Å². The van der Waals surface area contributed by atoms with Gasteiger partial charge in [-0.05, 0) is 56.9 Å². The van der Waals surface area contributed by atoms with E-state index in [4.69, 9.17) is 14.6 Å². The molecule has 2 rings (SSSR count). The molecular weight excluding hydrogens is 278 g/mol. The second kappa shape index (κ2) is 5.71. The number of aryl methyl sites for hydroxylation is 2. The van der Waals surface area contributed by atoms with Crippen LogP contribution in [0.1, 0.15) is 30.9 Å². The molecule has 0 aromatic heterocycles. The van der Waals surface area contributed by atoms with Crippen molar-refractivity contribution in [2.24, 2.45) is 5.14 Å². The fourth-order valence-corrected chi connectivity index (χ4v) is 3.66. The highest BCUT2D eigenvalue weighted by molar-refractivity contribution is 7.89. The van der Waals surface area contributed by atoms with Crippen LogP contribution in [0.4, 0.5) is 0 Å². The number of hydrogen-bond acceptors (Lipinski definition) is 4. The van der Waals surface area contributed by atoms with Crippen LogP contribution in [0, 0.1) is 13.8 Å². The van der Waals surface area contributed by atoms with Crippen LogP contribution in [0.25, 0.3) is 0 Å². The number of sulfonamides is 1. The van der Waals surface area contributed by atoms with Gasteiger partial charge in [-0.15, -0.1) is 0 Å². The van der Waals surface area contributed by atoms with E-state index >= 15 is 0 Å². The molecule has 1 aliphatic rings. The molecule has 1 saturated heterocycles. The SMILES string of the molecule is Cc1cc(OCC2CCC(C)O2)cc(C)c1S(N)(=O)=O. The molecule has 0 bridgehead atoms. The first kappa shape index (κ1) is 15.3. The van der Waals surface area contributed by atoms with Gasteiger partial charge in [0.25, 0.3) is 0 Å². The summed E-state index contributed by atoms with van der Waals surface area (Å²) in [4.78, 5) is 0.176. The van der Waals surface area contributed by atoms with Crippen molar-refractivity contribution >= 4 is 10.0 Å². The molecule has 2 N–H and O–H groups in total. The normalized spacial score (nSPS) is 23.0. The van der Waals surface area contributed by atoms with E-state index in [1.807, 2.05) is 0 Å². The molecule has 1 heterocycles. The van der Waals surface area contributed by atoms with E-state index in [-0.39, 0.29) is 17.1 Å². The maximum atomic E-state index is 11.5. The molecule has 2 atom stereocenters. The summed E-state index contributed by atoms with van der Waals surface area (Å²) in [5.41, 5.74) is 1.20. The fourth-order valence-electron chi connectivity index (χ4n) is 2.64. The molecule has 0 amide bonds. The van der Waals surface area contributed by atoms with E-state index in [0.717, 1.165) is 12.8 Å². The van der Waals surface area contributed by atoms with E-state index in [1.165, 1.54) is 0 Å². The number of hydrogen-bond donors (Lipinski definition) is 1. The Labute approximate surface area is 120 Å². The highest BCUT2D eigenvalue weighted by atomic mass is 32.2. The molecule has 2 unspecified atom stereocenters. The molecule has 5 nitrogen and oxygen atoms in total. The van der Waals surface area contributed by atoms with Crippen LogP contribution in [0.15, 0.2) is 17.0 Å². The maximum absolute atomic E-state index is 11.5. The topological polar surface area (TPSA) is 78.6 Å². The molecular formula is C14H21NO4S. The van der Waals surface area contributed by atoms with Gasteiger partial charge in [-0.25, -0.2) is 13.6 Å². The third-order valence-electron chi connectivity index (χ3n) is 3.47. The zero-order valence-electron chi connectivity index (χ0n) is 12.0. The lowest BCUT2D eigenvalue weighted by Gasteiger charge is -2.15. The van der Waals surface area contributed by atoms with Crippen molar-refractivity contribution in [3.05, 3.63) is 23.3 Å². The second-order valence-corrected chi connectivity index (χ2v) is 6.89. The zero-order valence-corrected chi connectivity index (χ0v) is 12.9. The molecule has 1 aromatic carbocycles. The van der Waals surface area contributed by atoms with Crippen molar-refractivity contribution in [1.82, 2.24) is 0 Å². The van der Waals surface area contributed by atoms with Gasteiger partial charge in [0.05, 0.1) is 17.1 Å². The average Bonchev–Trinajstić information content (AvgIpc) is 2.69. The van der Waals surface area contributed by atoms with Crippen molar-refractivity contribution in [1.29, 1.82) is 0 Å². The molecule has 112 valence electrons. The Kier molecular flexibility index (Phi) is 4.36. The minimum atomic E-state index is -3.70. The Balaban J connectivity index is 2.11. The van der Waals surface area contributed by atoms with Gasteiger partial charge >= 0.3 is 0 Å². The maximum Gasteiger partial charge on any atom is 0.238 e. The summed E-state index contributed by atoms with van der Waals surface area (Å²) >= 11 is 0.